The quantitative estimate of drug-likeness (QED) is 0.430. The fraction of sp³-hybridized carbons (Fsp3) is 0.679. The highest BCUT2D eigenvalue weighted by atomic mass is 19.1. The van der Waals surface area contributed by atoms with Gasteiger partial charge in [-0.15, -0.1) is 0 Å². The third kappa shape index (κ3) is 7.08. The summed E-state index contributed by atoms with van der Waals surface area (Å²) in [6, 6.07) is 3.07. The van der Waals surface area contributed by atoms with Gasteiger partial charge in [-0.1, -0.05) is 13.0 Å². The number of nitrogens with one attached hydrogen (secondary N) is 2. The Bertz CT molecular complexity index is 1000. The van der Waals surface area contributed by atoms with Crippen LogP contribution in [-0.4, -0.2) is 86.7 Å². The lowest BCUT2D eigenvalue weighted by Crippen LogP contribution is -2.59. The number of piperazine rings is 1. The number of rotatable bonds is 12. The van der Waals surface area contributed by atoms with Crippen molar-refractivity contribution < 1.29 is 27.9 Å². The molecule has 1 aromatic carbocycles. The largest absolute Gasteiger partial charge is 0.375 e. The molecule has 3 amide bonds. The maximum atomic E-state index is 15.1. The molecule has 0 bridgehead atoms. The van der Waals surface area contributed by atoms with Crippen LogP contribution in [0.15, 0.2) is 18.2 Å². The first kappa shape index (κ1) is 28.4. The number of anilines is 1. The van der Waals surface area contributed by atoms with Crippen LogP contribution in [0.2, 0.25) is 0 Å². The second kappa shape index (κ2) is 12.5. The van der Waals surface area contributed by atoms with Crippen molar-refractivity contribution in [2.24, 2.45) is 17.8 Å². The van der Waals surface area contributed by atoms with Gasteiger partial charge in [-0.25, -0.2) is 8.78 Å². The Hall–Kier alpha value is -2.59. The molecule has 38 heavy (non-hydrogen) atoms. The summed E-state index contributed by atoms with van der Waals surface area (Å²) in [6.45, 7) is 2.04. The zero-order chi connectivity index (χ0) is 27.4. The van der Waals surface area contributed by atoms with Gasteiger partial charge in [0.15, 0.2) is 0 Å². The van der Waals surface area contributed by atoms with E-state index < -0.39 is 36.4 Å². The number of amides is 3. The fourth-order valence-electron chi connectivity index (χ4n) is 5.55. The number of halogens is 2. The average molecular weight is 535 g/mol. The molecule has 4 rings (SSSR count). The number of nitrogens with zero attached hydrogens (tertiary/aromatic N) is 2. The van der Waals surface area contributed by atoms with E-state index in [1.807, 2.05) is 11.9 Å². The van der Waals surface area contributed by atoms with Crippen LogP contribution >= 0.6 is 0 Å². The van der Waals surface area contributed by atoms with Crippen molar-refractivity contribution in [1.29, 1.82) is 0 Å². The van der Waals surface area contributed by atoms with Crippen LogP contribution in [-0.2, 0) is 19.1 Å². The van der Waals surface area contributed by atoms with Crippen LogP contribution in [0.3, 0.4) is 0 Å². The van der Waals surface area contributed by atoms with E-state index in [1.54, 1.807) is 17.9 Å². The van der Waals surface area contributed by atoms with E-state index >= 15 is 4.39 Å². The number of ether oxygens (including phenoxy) is 1. The molecule has 3 aliphatic rings. The summed E-state index contributed by atoms with van der Waals surface area (Å²) in [5, 5.41) is 5.45. The van der Waals surface area contributed by atoms with Crippen molar-refractivity contribution in [1.82, 2.24) is 15.1 Å². The molecular formula is C28H40F2N4O4. The third-order valence-corrected chi connectivity index (χ3v) is 8.29. The molecule has 1 heterocycles. The van der Waals surface area contributed by atoms with Crippen LogP contribution < -0.4 is 10.6 Å². The molecule has 1 aromatic rings. The van der Waals surface area contributed by atoms with Gasteiger partial charge < -0.3 is 20.3 Å². The molecule has 0 spiro atoms. The van der Waals surface area contributed by atoms with Gasteiger partial charge in [-0.3, -0.25) is 19.3 Å². The number of carbonyl (C=O) groups excluding carboxylic acids is 3. The monoisotopic (exact) mass is 534 g/mol. The van der Waals surface area contributed by atoms with Crippen molar-refractivity contribution in [3.63, 3.8) is 0 Å². The Morgan fingerprint density at radius 2 is 1.79 bits per heavy atom. The van der Waals surface area contributed by atoms with Gasteiger partial charge in [0.1, 0.15) is 25.1 Å². The van der Waals surface area contributed by atoms with Gasteiger partial charge >= 0.3 is 0 Å². The molecular weight excluding hydrogens is 494 g/mol. The van der Waals surface area contributed by atoms with Crippen LogP contribution in [0.5, 0.6) is 0 Å². The van der Waals surface area contributed by atoms with Gasteiger partial charge in [0.25, 0.3) is 0 Å². The molecule has 2 saturated carbocycles. The lowest BCUT2D eigenvalue weighted by molar-refractivity contribution is -0.140. The summed E-state index contributed by atoms with van der Waals surface area (Å²) >= 11 is 0. The summed E-state index contributed by atoms with van der Waals surface area (Å²) < 4.78 is 33.5. The van der Waals surface area contributed by atoms with Crippen molar-refractivity contribution in [3.8, 4) is 0 Å². The van der Waals surface area contributed by atoms with E-state index in [1.165, 1.54) is 44.9 Å². The Morgan fingerprint density at radius 3 is 2.37 bits per heavy atom. The molecule has 2 aliphatic carbocycles. The maximum Gasteiger partial charge on any atom is 0.246 e. The molecule has 0 radical (unpaired) electrons. The summed E-state index contributed by atoms with van der Waals surface area (Å²) in [6.07, 6.45) is 5.13. The zero-order valence-electron chi connectivity index (χ0n) is 22.6. The van der Waals surface area contributed by atoms with E-state index in [2.05, 4.69) is 10.6 Å². The minimum Gasteiger partial charge on any atom is -0.375 e. The standard InChI is InChI=1S/C28H40F2N4O4/c1-17(27(32-26(36)16-38-3)28(37)34-11-10-33(2)21(14-29)15-34)20-8-9-24(23(30)12-20)31-25(35)13-22(18-4-5-18)19-6-7-19/h8-9,12,17-19,21-22,27H,4-7,10-11,13-16H2,1-3H3,(H,31,35)(H,32,36). The van der Waals surface area contributed by atoms with E-state index in [-0.39, 0.29) is 30.7 Å². The van der Waals surface area contributed by atoms with Crippen LogP contribution in [0, 0.1) is 23.6 Å². The summed E-state index contributed by atoms with van der Waals surface area (Å²) in [5.74, 6) is -0.521. The van der Waals surface area contributed by atoms with Gasteiger partial charge in [0.2, 0.25) is 17.7 Å². The molecule has 210 valence electrons. The molecule has 2 N–H and O–H groups in total. The lowest BCUT2D eigenvalue weighted by Gasteiger charge is -2.40. The van der Waals surface area contributed by atoms with Crippen LogP contribution in [0.4, 0.5) is 14.5 Å². The first-order valence-electron chi connectivity index (χ1n) is 13.6. The predicted octanol–water partition coefficient (Wildman–Crippen LogP) is 2.94. The first-order valence-corrected chi connectivity index (χ1v) is 13.6. The Kier molecular flexibility index (Phi) is 9.36. The number of methoxy groups -OCH3 is 1. The minimum absolute atomic E-state index is 0.104. The smallest absolute Gasteiger partial charge is 0.246 e. The fourth-order valence-corrected chi connectivity index (χ4v) is 5.55. The van der Waals surface area contributed by atoms with E-state index in [9.17, 15) is 18.8 Å². The number of hydrogen-bond acceptors (Lipinski definition) is 5. The molecule has 0 aromatic heterocycles. The summed E-state index contributed by atoms with van der Waals surface area (Å²) in [4.78, 5) is 42.0. The van der Waals surface area contributed by atoms with E-state index in [0.717, 1.165) is 0 Å². The minimum atomic E-state index is -0.987. The number of alkyl halides is 1. The third-order valence-electron chi connectivity index (χ3n) is 8.29. The first-order chi connectivity index (χ1) is 18.2. The number of likely N-dealkylation sites (N-methyl/N-ethyl adjacent to an activating group) is 1. The molecule has 1 saturated heterocycles. The van der Waals surface area contributed by atoms with E-state index in [4.69, 9.17) is 4.74 Å². The van der Waals surface area contributed by atoms with Crippen LogP contribution in [0.25, 0.3) is 0 Å². The summed E-state index contributed by atoms with van der Waals surface area (Å²) in [7, 11) is 3.19. The number of carbonyl (C=O) groups is 3. The molecule has 1 aliphatic heterocycles. The molecule has 8 nitrogen and oxygen atoms in total. The number of hydrogen-bond donors (Lipinski definition) is 2. The van der Waals surface area contributed by atoms with Crippen molar-refractivity contribution >= 4 is 23.4 Å². The highest BCUT2D eigenvalue weighted by Gasteiger charge is 2.42. The van der Waals surface area contributed by atoms with Crippen LogP contribution in [0.1, 0.15) is 50.5 Å². The predicted molar refractivity (Wildman–Crippen MR) is 140 cm³/mol. The molecule has 3 unspecified atom stereocenters. The zero-order valence-corrected chi connectivity index (χ0v) is 22.6. The SMILES string of the molecule is COCC(=O)NC(C(=O)N1CCN(C)C(CF)C1)C(C)c1ccc(NC(=O)CC(C2CC2)C2CC2)c(F)c1. The molecule has 10 heteroatoms. The highest BCUT2D eigenvalue weighted by Crippen LogP contribution is 2.50. The Balaban J connectivity index is 1.45. The maximum absolute atomic E-state index is 15.1. The van der Waals surface area contributed by atoms with Gasteiger partial charge in [0, 0.05) is 39.1 Å². The van der Waals surface area contributed by atoms with Gasteiger partial charge in [-0.2, -0.15) is 0 Å². The highest BCUT2D eigenvalue weighted by molar-refractivity contribution is 5.91. The van der Waals surface area contributed by atoms with Crippen molar-refractivity contribution in [3.05, 3.63) is 29.6 Å². The van der Waals surface area contributed by atoms with Gasteiger partial charge in [-0.05, 0) is 68.2 Å². The van der Waals surface area contributed by atoms with E-state index in [0.29, 0.717) is 42.8 Å². The summed E-state index contributed by atoms with van der Waals surface area (Å²) in [5.41, 5.74) is 0.606. The van der Waals surface area contributed by atoms with Gasteiger partial charge in [0.05, 0.1) is 11.7 Å². The second-order valence-corrected chi connectivity index (χ2v) is 11.2. The lowest BCUT2D eigenvalue weighted by atomic mass is 9.91. The molecule has 3 atom stereocenters. The Morgan fingerprint density at radius 1 is 1.11 bits per heavy atom. The number of benzene rings is 1. The normalized spacial score (nSPS) is 21.7. The van der Waals surface area contributed by atoms with Crippen molar-refractivity contribution in [2.75, 3.05) is 52.4 Å². The van der Waals surface area contributed by atoms with Crippen molar-refractivity contribution in [2.45, 2.75) is 57.0 Å². The average Bonchev–Trinajstić information content (AvgIpc) is 3.81. The Labute approximate surface area is 223 Å². The second-order valence-electron chi connectivity index (χ2n) is 11.2. The molecule has 3 fully saturated rings. The topological polar surface area (TPSA) is 91.0 Å².